The van der Waals surface area contributed by atoms with Gasteiger partial charge in [0.25, 0.3) is 0 Å². The zero-order valence-corrected chi connectivity index (χ0v) is 10.1. The van der Waals surface area contributed by atoms with Crippen molar-refractivity contribution < 1.29 is 14.1 Å². The van der Waals surface area contributed by atoms with Crippen LogP contribution in [0.1, 0.15) is 5.56 Å². The molecule has 2 aromatic rings. The molecule has 2 rings (SSSR count). The first-order chi connectivity index (χ1) is 9.15. The van der Waals surface area contributed by atoms with Crippen LogP contribution in [0.25, 0.3) is 11.5 Å². The predicted octanol–water partition coefficient (Wildman–Crippen LogP) is 1.57. The lowest BCUT2D eigenvalue weighted by Crippen LogP contribution is -2.04. The minimum atomic E-state index is -0.641. The number of hydrogen-bond donors (Lipinski definition) is 0. The fourth-order valence-electron chi connectivity index (χ4n) is 1.54. The number of rotatable bonds is 5. The summed E-state index contributed by atoms with van der Waals surface area (Å²) in [6.45, 7) is 0.929. The molecule has 2 aromatic heterocycles. The molecule has 0 N–H and O–H groups in total. The Balaban J connectivity index is 2.34. The van der Waals surface area contributed by atoms with Crippen molar-refractivity contribution in [2.75, 3.05) is 13.7 Å². The zero-order chi connectivity index (χ0) is 13.8. The molecule has 0 aliphatic heterocycles. The average Bonchev–Trinajstić information content (AvgIpc) is 3.02. The van der Waals surface area contributed by atoms with E-state index in [-0.39, 0.29) is 17.3 Å². The molecule has 0 saturated heterocycles. The number of nitrogens with zero attached hydrogens (tertiary/aromatic N) is 4. The van der Waals surface area contributed by atoms with E-state index in [4.69, 9.17) is 14.4 Å². The Hall–Kier alpha value is -2.66. The molecule has 19 heavy (non-hydrogen) atoms. The highest BCUT2D eigenvalue weighted by molar-refractivity contribution is 5.61. The Morgan fingerprint density at radius 2 is 2.42 bits per heavy atom. The van der Waals surface area contributed by atoms with E-state index in [2.05, 4.69) is 5.10 Å². The van der Waals surface area contributed by atoms with E-state index >= 15 is 0 Å². The smallest absolute Gasteiger partial charge is 0.399 e. The lowest BCUT2D eigenvalue weighted by Gasteiger charge is -1.98. The van der Waals surface area contributed by atoms with Gasteiger partial charge in [0.05, 0.1) is 19.2 Å². The summed E-state index contributed by atoms with van der Waals surface area (Å²) in [5.41, 5.74) is 0.576. The van der Waals surface area contributed by atoms with Crippen LogP contribution in [-0.2, 0) is 11.3 Å². The second-order valence-corrected chi connectivity index (χ2v) is 3.65. The Bertz CT molecular complexity index is 637. The summed E-state index contributed by atoms with van der Waals surface area (Å²) >= 11 is 0. The number of methoxy groups -OCH3 is 1. The van der Waals surface area contributed by atoms with Crippen molar-refractivity contribution >= 4 is 5.88 Å². The van der Waals surface area contributed by atoms with Gasteiger partial charge in [0.2, 0.25) is 0 Å². The predicted molar refractivity (Wildman–Crippen MR) is 63.2 cm³/mol. The summed E-state index contributed by atoms with van der Waals surface area (Å²) in [6, 6.07) is 4.62. The van der Waals surface area contributed by atoms with Crippen LogP contribution in [0.2, 0.25) is 0 Å². The molecule has 98 valence electrons. The molecular formula is C11H10N4O4. The summed E-state index contributed by atoms with van der Waals surface area (Å²) in [6.07, 6.45) is 1.54. The van der Waals surface area contributed by atoms with Crippen LogP contribution in [0, 0.1) is 21.4 Å². The highest BCUT2D eigenvalue weighted by atomic mass is 16.6. The van der Waals surface area contributed by atoms with Crippen molar-refractivity contribution in [2.24, 2.45) is 0 Å². The van der Waals surface area contributed by atoms with E-state index in [1.54, 1.807) is 13.3 Å². The molecule has 0 fully saturated rings. The molecule has 0 aliphatic carbocycles. The lowest BCUT2D eigenvalue weighted by molar-refractivity contribution is -0.401. The topological polar surface area (TPSA) is 107 Å². The van der Waals surface area contributed by atoms with Crippen molar-refractivity contribution in [1.29, 1.82) is 5.26 Å². The second-order valence-electron chi connectivity index (χ2n) is 3.65. The molecule has 0 spiro atoms. The molecule has 8 nitrogen and oxygen atoms in total. The van der Waals surface area contributed by atoms with Gasteiger partial charge in [0.1, 0.15) is 22.2 Å². The molecule has 0 amide bonds. The summed E-state index contributed by atoms with van der Waals surface area (Å²) in [7, 11) is 1.56. The van der Waals surface area contributed by atoms with E-state index in [1.165, 1.54) is 16.8 Å². The van der Waals surface area contributed by atoms with Crippen LogP contribution in [0.4, 0.5) is 5.88 Å². The van der Waals surface area contributed by atoms with Gasteiger partial charge in [0, 0.05) is 13.3 Å². The standard InChI is InChI=1S/C11H10N4O4/c1-18-5-4-14-7-8(6-12)11(13-14)9-2-3-10(19-9)15(16)17/h2-3,7H,4-5H2,1H3. The monoisotopic (exact) mass is 262 g/mol. The van der Waals surface area contributed by atoms with Crippen LogP contribution in [0.3, 0.4) is 0 Å². The van der Waals surface area contributed by atoms with Crippen LogP contribution < -0.4 is 0 Å². The Morgan fingerprint density at radius 1 is 1.63 bits per heavy atom. The molecule has 2 heterocycles. The highest BCUT2D eigenvalue weighted by Gasteiger charge is 2.18. The molecule has 0 bridgehead atoms. The molecule has 0 saturated carbocycles. The zero-order valence-electron chi connectivity index (χ0n) is 10.1. The quantitative estimate of drug-likeness (QED) is 0.597. The summed E-state index contributed by atoms with van der Waals surface area (Å²) in [4.78, 5) is 9.91. The van der Waals surface area contributed by atoms with Crippen LogP contribution >= 0.6 is 0 Å². The van der Waals surface area contributed by atoms with Gasteiger partial charge in [-0.2, -0.15) is 10.4 Å². The maximum Gasteiger partial charge on any atom is 0.433 e. The molecule has 0 aliphatic rings. The first-order valence-corrected chi connectivity index (χ1v) is 5.36. The van der Waals surface area contributed by atoms with E-state index < -0.39 is 4.92 Å². The van der Waals surface area contributed by atoms with Crippen molar-refractivity contribution in [2.45, 2.75) is 6.54 Å². The lowest BCUT2D eigenvalue weighted by atomic mass is 10.2. The first kappa shape index (κ1) is 12.8. The SMILES string of the molecule is COCCn1cc(C#N)c(-c2ccc([N+](=O)[O-])o2)n1. The van der Waals surface area contributed by atoms with Gasteiger partial charge in [0.15, 0.2) is 5.76 Å². The summed E-state index contributed by atoms with van der Waals surface area (Å²) in [5, 5.41) is 23.7. The van der Waals surface area contributed by atoms with E-state index in [0.717, 1.165) is 0 Å². The first-order valence-electron chi connectivity index (χ1n) is 5.36. The molecule has 0 radical (unpaired) electrons. The number of furan rings is 1. The number of nitro groups is 1. The minimum Gasteiger partial charge on any atom is -0.399 e. The maximum atomic E-state index is 10.6. The van der Waals surface area contributed by atoms with Gasteiger partial charge in [-0.15, -0.1) is 0 Å². The van der Waals surface area contributed by atoms with Crippen LogP contribution in [-0.4, -0.2) is 28.4 Å². The average molecular weight is 262 g/mol. The molecule has 0 atom stereocenters. The van der Waals surface area contributed by atoms with Crippen molar-refractivity contribution in [1.82, 2.24) is 9.78 Å². The normalized spacial score (nSPS) is 10.3. The van der Waals surface area contributed by atoms with Crippen molar-refractivity contribution in [3.63, 3.8) is 0 Å². The Morgan fingerprint density at radius 3 is 3.00 bits per heavy atom. The number of aromatic nitrogens is 2. The van der Waals surface area contributed by atoms with Crippen molar-refractivity contribution in [3.8, 4) is 17.5 Å². The fraction of sp³-hybridized carbons (Fsp3) is 0.273. The maximum absolute atomic E-state index is 10.6. The van der Waals surface area contributed by atoms with Gasteiger partial charge >= 0.3 is 5.88 Å². The second kappa shape index (κ2) is 5.32. The molecule has 0 unspecified atom stereocenters. The Labute approximate surface area is 108 Å². The third-order valence-electron chi connectivity index (χ3n) is 2.41. The third-order valence-corrected chi connectivity index (χ3v) is 2.41. The molecular weight excluding hydrogens is 252 g/mol. The highest BCUT2D eigenvalue weighted by Crippen LogP contribution is 2.27. The summed E-state index contributed by atoms with van der Waals surface area (Å²) in [5.74, 6) is -0.190. The molecule has 8 heteroatoms. The number of hydrogen-bond acceptors (Lipinski definition) is 6. The van der Waals surface area contributed by atoms with E-state index in [1.807, 2.05) is 6.07 Å². The van der Waals surface area contributed by atoms with E-state index in [0.29, 0.717) is 18.7 Å². The van der Waals surface area contributed by atoms with Crippen LogP contribution in [0.5, 0.6) is 0 Å². The van der Waals surface area contributed by atoms with Gasteiger partial charge in [-0.05, 0) is 6.07 Å². The molecule has 0 aromatic carbocycles. The van der Waals surface area contributed by atoms with E-state index in [9.17, 15) is 10.1 Å². The van der Waals surface area contributed by atoms with Gasteiger partial charge < -0.3 is 9.15 Å². The fourth-order valence-corrected chi connectivity index (χ4v) is 1.54. The largest absolute Gasteiger partial charge is 0.433 e. The summed E-state index contributed by atoms with van der Waals surface area (Å²) < 4.78 is 11.5. The number of ether oxygens (including phenoxy) is 1. The Kier molecular flexibility index (Phi) is 3.58. The van der Waals surface area contributed by atoms with Gasteiger partial charge in [-0.25, -0.2) is 0 Å². The van der Waals surface area contributed by atoms with Crippen molar-refractivity contribution in [3.05, 3.63) is 34.0 Å². The third kappa shape index (κ3) is 2.61. The number of nitriles is 1. The van der Waals surface area contributed by atoms with Gasteiger partial charge in [-0.1, -0.05) is 0 Å². The minimum absolute atomic E-state index is 0.194. The van der Waals surface area contributed by atoms with Crippen LogP contribution in [0.15, 0.2) is 22.7 Å². The van der Waals surface area contributed by atoms with Gasteiger partial charge in [-0.3, -0.25) is 14.8 Å².